The van der Waals surface area contributed by atoms with E-state index in [4.69, 9.17) is 19.9 Å². The van der Waals surface area contributed by atoms with Gasteiger partial charge in [0, 0.05) is 12.0 Å². The highest BCUT2D eigenvalue weighted by Gasteiger charge is 2.41. The van der Waals surface area contributed by atoms with Crippen molar-refractivity contribution >= 4 is 0 Å². The number of rotatable bonds is 2. The van der Waals surface area contributed by atoms with Crippen molar-refractivity contribution in [3.8, 4) is 11.5 Å². The number of ether oxygens (including phenoxy) is 3. The van der Waals surface area contributed by atoms with Crippen molar-refractivity contribution in [2.45, 2.75) is 39.0 Å². The van der Waals surface area contributed by atoms with Gasteiger partial charge in [0.2, 0.25) is 0 Å². The molecule has 5 atom stereocenters. The molecule has 0 amide bonds. The third-order valence-electron chi connectivity index (χ3n) is 4.68. The SMILES string of the molecule is CC1OC(C)C(C(N)c2ccc3c(c2)OCCO3)C1C. The van der Waals surface area contributed by atoms with E-state index in [1.54, 1.807) is 0 Å². The first-order chi connectivity index (χ1) is 9.58. The van der Waals surface area contributed by atoms with Crippen molar-refractivity contribution in [1.82, 2.24) is 0 Å². The van der Waals surface area contributed by atoms with Crippen molar-refractivity contribution in [2.24, 2.45) is 17.6 Å². The monoisotopic (exact) mass is 277 g/mol. The lowest BCUT2D eigenvalue weighted by Gasteiger charge is -2.27. The molecule has 1 aromatic rings. The lowest BCUT2D eigenvalue weighted by atomic mass is 9.81. The van der Waals surface area contributed by atoms with Gasteiger partial charge in [-0.25, -0.2) is 0 Å². The second kappa shape index (κ2) is 5.26. The summed E-state index contributed by atoms with van der Waals surface area (Å²) in [6.45, 7) is 7.67. The van der Waals surface area contributed by atoms with Crippen LogP contribution in [0.3, 0.4) is 0 Å². The summed E-state index contributed by atoms with van der Waals surface area (Å²) in [5, 5.41) is 0. The molecule has 0 aliphatic carbocycles. The van der Waals surface area contributed by atoms with E-state index < -0.39 is 0 Å². The topological polar surface area (TPSA) is 53.7 Å². The average Bonchev–Trinajstić information content (AvgIpc) is 2.71. The van der Waals surface area contributed by atoms with Gasteiger partial charge in [-0.2, -0.15) is 0 Å². The minimum Gasteiger partial charge on any atom is -0.486 e. The number of fused-ring (bicyclic) bond motifs is 1. The normalized spacial score (nSPS) is 34.0. The predicted molar refractivity (Wildman–Crippen MR) is 77.0 cm³/mol. The van der Waals surface area contributed by atoms with Crippen molar-refractivity contribution in [1.29, 1.82) is 0 Å². The summed E-state index contributed by atoms with van der Waals surface area (Å²) in [6, 6.07) is 5.97. The van der Waals surface area contributed by atoms with E-state index in [1.807, 2.05) is 18.2 Å². The smallest absolute Gasteiger partial charge is 0.161 e. The van der Waals surface area contributed by atoms with E-state index in [-0.39, 0.29) is 18.2 Å². The Bertz CT molecular complexity index is 491. The fraction of sp³-hybridized carbons (Fsp3) is 0.625. The van der Waals surface area contributed by atoms with Crippen LogP contribution in [0.25, 0.3) is 0 Å². The van der Waals surface area contributed by atoms with Crippen LogP contribution in [-0.2, 0) is 4.74 Å². The van der Waals surface area contributed by atoms with Crippen LogP contribution in [-0.4, -0.2) is 25.4 Å². The van der Waals surface area contributed by atoms with E-state index in [9.17, 15) is 0 Å². The van der Waals surface area contributed by atoms with Crippen molar-refractivity contribution in [3.63, 3.8) is 0 Å². The van der Waals surface area contributed by atoms with E-state index in [2.05, 4.69) is 20.8 Å². The average molecular weight is 277 g/mol. The minimum absolute atomic E-state index is 0.0409. The van der Waals surface area contributed by atoms with Gasteiger partial charge in [0.25, 0.3) is 0 Å². The molecule has 2 aliphatic heterocycles. The van der Waals surface area contributed by atoms with Crippen LogP contribution in [0.5, 0.6) is 11.5 Å². The Hall–Kier alpha value is -1.26. The van der Waals surface area contributed by atoms with Gasteiger partial charge < -0.3 is 19.9 Å². The zero-order valence-corrected chi connectivity index (χ0v) is 12.3. The molecular weight excluding hydrogens is 254 g/mol. The molecule has 1 fully saturated rings. The maximum absolute atomic E-state index is 6.50. The number of hydrogen-bond acceptors (Lipinski definition) is 4. The Labute approximate surface area is 120 Å². The summed E-state index contributed by atoms with van der Waals surface area (Å²) in [6.07, 6.45) is 0.446. The maximum Gasteiger partial charge on any atom is 0.161 e. The van der Waals surface area contributed by atoms with Gasteiger partial charge in [0.05, 0.1) is 12.2 Å². The van der Waals surface area contributed by atoms with Crippen LogP contribution in [0, 0.1) is 11.8 Å². The molecule has 20 heavy (non-hydrogen) atoms. The molecule has 5 unspecified atom stereocenters. The Kier molecular flexibility index (Phi) is 3.61. The molecular formula is C16H23NO3. The third-order valence-corrected chi connectivity index (χ3v) is 4.68. The van der Waals surface area contributed by atoms with E-state index in [0.717, 1.165) is 17.1 Å². The first-order valence-corrected chi connectivity index (χ1v) is 7.38. The van der Waals surface area contributed by atoms with Crippen molar-refractivity contribution < 1.29 is 14.2 Å². The Morgan fingerprint density at radius 2 is 1.75 bits per heavy atom. The molecule has 3 rings (SSSR count). The van der Waals surface area contributed by atoms with Gasteiger partial charge in [-0.3, -0.25) is 0 Å². The van der Waals surface area contributed by atoms with Crippen LogP contribution < -0.4 is 15.2 Å². The van der Waals surface area contributed by atoms with Crippen LogP contribution in [0.15, 0.2) is 18.2 Å². The second-order valence-corrected chi connectivity index (χ2v) is 5.91. The number of benzene rings is 1. The molecule has 4 heteroatoms. The highest BCUT2D eigenvalue weighted by atomic mass is 16.6. The standard InChI is InChI=1S/C16H23NO3/c1-9-10(2)20-11(3)15(9)16(17)12-4-5-13-14(8-12)19-7-6-18-13/h4-5,8-11,15-16H,6-7,17H2,1-3H3. The Balaban J connectivity index is 1.85. The van der Waals surface area contributed by atoms with Crippen molar-refractivity contribution in [2.75, 3.05) is 13.2 Å². The summed E-state index contributed by atoms with van der Waals surface area (Å²) in [5.74, 6) is 2.39. The molecule has 0 bridgehead atoms. The highest BCUT2D eigenvalue weighted by molar-refractivity contribution is 5.44. The zero-order chi connectivity index (χ0) is 14.3. The summed E-state index contributed by atoms with van der Waals surface area (Å²) >= 11 is 0. The van der Waals surface area contributed by atoms with Gasteiger partial charge in [0.15, 0.2) is 11.5 Å². The van der Waals surface area contributed by atoms with E-state index >= 15 is 0 Å². The van der Waals surface area contributed by atoms with Gasteiger partial charge in [-0.1, -0.05) is 13.0 Å². The molecule has 0 radical (unpaired) electrons. The molecule has 0 spiro atoms. The Morgan fingerprint density at radius 3 is 2.40 bits per heavy atom. The molecule has 2 aliphatic rings. The number of hydrogen-bond donors (Lipinski definition) is 1. The molecule has 0 saturated carbocycles. The first kappa shape index (κ1) is 13.7. The van der Waals surface area contributed by atoms with Crippen LogP contribution in [0.4, 0.5) is 0 Å². The molecule has 1 aromatic carbocycles. The number of nitrogens with two attached hydrogens (primary N) is 1. The summed E-state index contributed by atoms with van der Waals surface area (Å²) in [7, 11) is 0. The second-order valence-electron chi connectivity index (χ2n) is 5.91. The van der Waals surface area contributed by atoms with Gasteiger partial charge in [-0.05, 0) is 37.5 Å². The molecule has 0 aromatic heterocycles. The van der Waals surface area contributed by atoms with E-state index in [0.29, 0.717) is 25.0 Å². The summed E-state index contributed by atoms with van der Waals surface area (Å²) in [4.78, 5) is 0. The summed E-state index contributed by atoms with van der Waals surface area (Å²) in [5.41, 5.74) is 7.59. The van der Waals surface area contributed by atoms with E-state index in [1.165, 1.54) is 0 Å². The fourth-order valence-electron chi connectivity index (χ4n) is 3.40. The quantitative estimate of drug-likeness (QED) is 0.902. The molecule has 110 valence electrons. The fourth-order valence-corrected chi connectivity index (χ4v) is 3.40. The molecule has 1 saturated heterocycles. The van der Waals surface area contributed by atoms with Gasteiger partial charge in [0.1, 0.15) is 13.2 Å². The lowest BCUT2D eigenvalue weighted by Crippen LogP contribution is -2.30. The minimum atomic E-state index is -0.0409. The van der Waals surface area contributed by atoms with Crippen LogP contribution in [0.1, 0.15) is 32.4 Å². The third kappa shape index (κ3) is 2.27. The molecule has 2 heterocycles. The zero-order valence-electron chi connectivity index (χ0n) is 12.3. The van der Waals surface area contributed by atoms with Crippen LogP contribution >= 0.6 is 0 Å². The van der Waals surface area contributed by atoms with Gasteiger partial charge in [-0.15, -0.1) is 0 Å². The molecule has 4 nitrogen and oxygen atoms in total. The first-order valence-electron chi connectivity index (χ1n) is 7.38. The highest BCUT2D eigenvalue weighted by Crippen LogP contribution is 2.41. The van der Waals surface area contributed by atoms with Crippen molar-refractivity contribution in [3.05, 3.63) is 23.8 Å². The predicted octanol–water partition coefficient (Wildman–Crippen LogP) is 2.52. The molecule has 2 N–H and O–H groups in total. The maximum atomic E-state index is 6.50. The largest absolute Gasteiger partial charge is 0.486 e. The van der Waals surface area contributed by atoms with Gasteiger partial charge >= 0.3 is 0 Å². The summed E-state index contributed by atoms with van der Waals surface area (Å²) < 4.78 is 17.1. The Morgan fingerprint density at radius 1 is 1.05 bits per heavy atom. The lowest BCUT2D eigenvalue weighted by molar-refractivity contribution is 0.0489. The van der Waals surface area contributed by atoms with Crippen LogP contribution in [0.2, 0.25) is 0 Å².